The molecule has 0 aliphatic heterocycles. The molecule has 2 atom stereocenters. The number of carbonyl (C=O) groups excluding carboxylic acids is 2. The van der Waals surface area contributed by atoms with Crippen molar-refractivity contribution < 1.29 is 36.9 Å². The van der Waals surface area contributed by atoms with Crippen molar-refractivity contribution in [2.45, 2.75) is 30.4 Å². The number of benzene rings is 4. The van der Waals surface area contributed by atoms with Crippen LogP contribution >= 0.6 is 31.2 Å². The van der Waals surface area contributed by atoms with Crippen LogP contribution in [0.1, 0.15) is 32.6 Å². The summed E-state index contributed by atoms with van der Waals surface area (Å²) in [5.74, 6) is -0.0249. The number of phenolic OH excluding ortho intramolecular Hbond substituents is 1. The van der Waals surface area contributed by atoms with E-state index in [9.17, 15) is 27.7 Å². The second-order valence-corrected chi connectivity index (χ2v) is 14.4. The van der Waals surface area contributed by atoms with Gasteiger partial charge in [0, 0.05) is 19.1 Å². The van der Waals surface area contributed by atoms with Crippen molar-refractivity contribution in [2.24, 2.45) is 0 Å². The molecule has 1 amide bonds. The number of ether oxygens (including phenoxy) is 1. The van der Waals surface area contributed by atoms with Crippen molar-refractivity contribution in [1.29, 1.82) is 0 Å². The van der Waals surface area contributed by atoms with Crippen LogP contribution in [0.25, 0.3) is 6.08 Å². The van der Waals surface area contributed by atoms with Crippen LogP contribution < -0.4 is 5.32 Å². The summed E-state index contributed by atoms with van der Waals surface area (Å²) in [7, 11) is -5.68. The van der Waals surface area contributed by atoms with Gasteiger partial charge in [0.1, 0.15) is 25.0 Å². The Kier molecular flexibility index (Phi) is 12.7. The van der Waals surface area contributed by atoms with Crippen molar-refractivity contribution in [3.05, 3.63) is 135 Å². The van der Waals surface area contributed by atoms with E-state index in [1.165, 1.54) is 36.2 Å². The highest BCUT2D eigenvalue weighted by molar-refractivity contribution is 7.90. The number of hydrogen-bond donors (Lipinski definition) is 2. The molecule has 1 unspecified atom stereocenters. The zero-order valence-corrected chi connectivity index (χ0v) is 28.4. The molecule has 0 saturated carbocycles. The predicted molar refractivity (Wildman–Crippen MR) is 182 cm³/mol. The molecule has 0 spiro atoms. The lowest BCUT2D eigenvalue weighted by atomic mass is 10.0. The van der Waals surface area contributed by atoms with Crippen LogP contribution in [0.15, 0.2) is 102 Å². The molecular weight excluding hydrogens is 684 g/mol. The molecule has 9 nitrogen and oxygen atoms in total. The van der Waals surface area contributed by atoms with Gasteiger partial charge in [0.25, 0.3) is 5.91 Å². The number of halogens is 2. The van der Waals surface area contributed by atoms with Crippen LogP contribution in [0, 0.1) is 0 Å². The number of carbonyl (C=O) groups is 2. The minimum Gasteiger partial charge on any atom is -0.508 e. The fourth-order valence-corrected chi connectivity index (χ4v) is 6.47. The molecule has 0 saturated heterocycles. The molecule has 0 heterocycles. The summed E-state index contributed by atoms with van der Waals surface area (Å²) in [6.07, 6.45) is 2.95. The van der Waals surface area contributed by atoms with Crippen LogP contribution in [0.3, 0.4) is 0 Å². The first-order valence-electron chi connectivity index (χ1n) is 14.2. The molecule has 4 aromatic carbocycles. The number of nitrogens with one attached hydrogen (secondary N) is 1. The molecule has 47 heavy (non-hydrogen) atoms. The molecule has 0 radical (unpaired) electrons. The fourth-order valence-electron chi connectivity index (χ4n) is 4.45. The second kappa shape index (κ2) is 16.7. The van der Waals surface area contributed by atoms with Gasteiger partial charge in [-0.3, -0.25) is 4.79 Å². The third-order valence-corrected chi connectivity index (χ3v) is 9.32. The van der Waals surface area contributed by atoms with E-state index in [0.29, 0.717) is 17.5 Å². The first kappa shape index (κ1) is 35.8. The topological polar surface area (TPSA) is 136 Å². The summed E-state index contributed by atoms with van der Waals surface area (Å²) in [5.41, 5.74) is 2.41. The van der Waals surface area contributed by atoms with Crippen LogP contribution in [-0.2, 0) is 47.9 Å². The lowest BCUT2D eigenvalue weighted by Crippen LogP contribution is -2.43. The summed E-state index contributed by atoms with van der Waals surface area (Å²) in [5, 5.41) is 12.1. The Morgan fingerprint density at radius 2 is 1.57 bits per heavy atom. The third-order valence-electron chi connectivity index (χ3n) is 6.78. The van der Waals surface area contributed by atoms with Crippen LogP contribution in [0.5, 0.6) is 5.75 Å². The Balaban J connectivity index is 1.46. The molecule has 13 heteroatoms. The maximum atomic E-state index is 13.4. The molecule has 4 rings (SSSR count). The molecule has 0 aliphatic carbocycles. The van der Waals surface area contributed by atoms with E-state index in [1.54, 1.807) is 54.6 Å². The van der Waals surface area contributed by atoms with Gasteiger partial charge in [0.05, 0.1) is 20.5 Å². The number of aromatic hydroxyl groups is 1. The quantitative estimate of drug-likeness (QED) is 0.104. The van der Waals surface area contributed by atoms with Gasteiger partial charge in [-0.2, -0.15) is 0 Å². The minimum atomic E-state index is -3.52. The van der Waals surface area contributed by atoms with E-state index in [-0.39, 0.29) is 45.9 Å². The van der Waals surface area contributed by atoms with Crippen LogP contribution in [0.2, 0.25) is 10.0 Å². The highest BCUT2D eigenvalue weighted by Crippen LogP contribution is 2.30. The lowest BCUT2D eigenvalue weighted by molar-refractivity contribution is -0.147. The zero-order chi connectivity index (χ0) is 34.0. The molecule has 0 fully saturated rings. The van der Waals surface area contributed by atoms with E-state index in [4.69, 9.17) is 32.5 Å². The van der Waals surface area contributed by atoms with Gasteiger partial charge in [0.15, 0.2) is 15.7 Å². The smallest absolute Gasteiger partial charge is 0.508 e. The Labute approximate surface area is 283 Å². The summed E-state index contributed by atoms with van der Waals surface area (Å²) >= 11 is 12.9. The van der Waals surface area contributed by atoms with Crippen molar-refractivity contribution in [1.82, 2.24) is 5.32 Å². The Hall–Kier alpha value is -4.05. The average Bonchev–Trinajstić information content (AvgIpc) is 3.02. The second-order valence-electron chi connectivity index (χ2n) is 10.5. The Bertz CT molecular complexity index is 1880. The van der Waals surface area contributed by atoms with Crippen LogP contribution in [0.4, 0.5) is 0 Å². The third kappa shape index (κ3) is 11.0. The average molecular weight is 716 g/mol. The summed E-state index contributed by atoms with van der Waals surface area (Å²) < 4.78 is 47.4. The molecular formula is C34H31Cl2NO8PS+. The summed E-state index contributed by atoms with van der Waals surface area (Å²) in [6, 6.07) is 23.4. The first-order chi connectivity index (χ1) is 22.4. The van der Waals surface area contributed by atoms with Gasteiger partial charge < -0.3 is 15.2 Å². The molecule has 0 aliphatic rings. The minimum absolute atomic E-state index is 0.0230. The normalized spacial score (nSPS) is 12.4. The van der Waals surface area contributed by atoms with E-state index < -0.39 is 35.8 Å². The fraction of sp³-hybridized carbons (Fsp3) is 0.176. The molecule has 0 aromatic heterocycles. The van der Waals surface area contributed by atoms with Gasteiger partial charge in [-0.05, 0) is 69.3 Å². The predicted octanol–water partition coefficient (Wildman–Crippen LogP) is 7.16. The number of phenols is 1. The van der Waals surface area contributed by atoms with Crippen molar-refractivity contribution in [2.75, 3.05) is 12.9 Å². The highest BCUT2D eigenvalue weighted by atomic mass is 35.5. The monoisotopic (exact) mass is 714 g/mol. The lowest BCUT2D eigenvalue weighted by Gasteiger charge is -2.19. The van der Waals surface area contributed by atoms with Gasteiger partial charge in [-0.25, -0.2) is 13.2 Å². The van der Waals surface area contributed by atoms with Crippen molar-refractivity contribution >= 4 is 59.0 Å². The van der Waals surface area contributed by atoms with E-state index in [1.807, 2.05) is 12.1 Å². The number of amides is 1. The first-order valence-corrected chi connectivity index (χ1v) is 18.1. The maximum absolute atomic E-state index is 13.4. The summed E-state index contributed by atoms with van der Waals surface area (Å²) in [6.45, 7) is 0.122. The van der Waals surface area contributed by atoms with Crippen molar-refractivity contribution in [3.8, 4) is 5.75 Å². The Morgan fingerprint density at radius 3 is 2.26 bits per heavy atom. The van der Waals surface area contributed by atoms with Gasteiger partial charge in [0.2, 0.25) is 0 Å². The van der Waals surface area contributed by atoms with Crippen molar-refractivity contribution in [3.63, 3.8) is 0 Å². The molecule has 4 aromatic rings. The number of esters is 1. The maximum Gasteiger partial charge on any atom is 0.540 e. The van der Waals surface area contributed by atoms with E-state index >= 15 is 0 Å². The largest absolute Gasteiger partial charge is 0.540 e. The standard InChI is InChI=1S/C34H30Cl2NO8PS/c1-47(42,43)28-12-6-10-25(18-28)21-31(34(40)44-22-24-7-3-2-4-8-24)37-33(39)32-29(35)19-26(20-30(32)36)14-16-46(41)45-15-13-23-9-5-11-27(38)17-23/h2-12,14,16-20,31H,13,15,21-22H2,1H3,(H-,37,38,39)/p+1/b16-14+/t31-/m0/s1. The van der Waals surface area contributed by atoms with Gasteiger partial charge in [-0.15, -0.1) is 4.52 Å². The molecule has 0 bridgehead atoms. The number of rotatable bonds is 14. The number of sulfone groups is 1. The number of hydrogen-bond acceptors (Lipinski definition) is 8. The summed E-state index contributed by atoms with van der Waals surface area (Å²) in [4.78, 5) is 26.7. The van der Waals surface area contributed by atoms with E-state index in [2.05, 4.69) is 5.32 Å². The molecule has 244 valence electrons. The SMILES string of the molecule is CS(=O)(=O)c1cccc(C[C@H](NC(=O)c2c(Cl)cc(/C=C/[P+](=O)OCCc3cccc(O)c3)cc2Cl)C(=O)OCc2ccccc2)c1. The zero-order valence-electron chi connectivity index (χ0n) is 25.1. The Morgan fingerprint density at radius 1 is 0.915 bits per heavy atom. The van der Waals surface area contributed by atoms with E-state index in [0.717, 1.165) is 17.4 Å². The van der Waals surface area contributed by atoms with Gasteiger partial charge in [-0.1, -0.05) is 77.8 Å². The van der Waals surface area contributed by atoms with Crippen LogP contribution in [-0.4, -0.2) is 44.3 Å². The molecule has 2 N–H and O–H groups in total. The van der Waals surface area contributed by atoms with Gasteiger partial charge >= 0.3 is 14.0 Å². The highest BCUT2D eigenvalue weighted by Gasteiger charge is 2.27.